The molecule has 0 aliphatic rings. The summed E-state index contributed by atoms with van der Waals surface area (Å²) in [5, 5.41) is 6.22. The predicted octanol–water partition coefficient (Wildman–Crippen LogP) is -0.568. The topological polar surface area (TPSA) is 161 Å². The van der Waals surface area contributed by atoms with Crippen molar-refractivity contribution in [3.05, 3.63) is 29.8 Å². The summed E-state index contributed by atoms with van der Waals surface area (Å²) >= 11 is 0. The second kappa shape index (κ2) is 6.37. The van der Waals surface area contributed by atoms with Gasteiger partial charge in [0.25, 0.3) is 5.08 Å². The van der Waals surface area contributed by atoms with Gasteiger partial charge in [-0.25, -0.2) is 0 Å². The number of hydrogen-bond acceptors (Lipinski definition) is 4. The summed E-state index contributed by atoms with van der Waals surface area (Å²) in [4.78, 5) is 35.7. The van der Waals surface area contributed by atoms with Gasteiger partial charge in [-0.3, -0.25) is 9.13 Å². The maximum absolute atomic E-state index is 11.1. The largest absolute Gasteiger partial charge is 0.399 e. The van der Waals surface area contributed by atoms with Crippen LogP contribution in [0.4, 0.5) is 5.69 Å². The van der Waals surface area contributed by atoms with Gasteiger partial charge in [-0.1, -0.05) is 12.1 Å². The van der Waals surface area contributed by atoms with Gasteiger partial charge in [0.05, 0.1) is 0 Å². The van der Waals surface area contributed by atoms with Crippen LogP contribution in [0.5, 0.6) is 0 Å². The average molecular weight is 320 g/mol. The van der Waals surface area contributed by atoms with Crippen LogP contribution in [0.15, 0.2) is 24.3 Å². The molecule has 19 heavy (non-hydrogen) atoms. The number of nitrogens with two attached hydrogens (primary N) is 1. The molecule has 0 bridgehead atoms. The normalized spacial score (nSPS) is 12.9. The van der Waals surface area contributed by atoms with E-state index >= 15 is 0 Å². The smallest absolute Gasteiger partial charge is 0.369 e. The van der Waals surface area contributed by atoms with Crippen LogP contribution in [0.2, 0.25) is 0 Å². The Morgan fingerprint density at radius 2 is 1.37 bits per heavy atom. The first-order chi connectivity index (χ1) is 7.97. The van der Waals surface area contributed by atoms with Crippen LogP contribution in [-0.2, 0) is 15.6 Å². The van der Waals surface area contributed by atoms with E-state index in [0.717, 1.165) is 0 Å². The minimum atomic E-state index is -5.43. The number of anilines is 1. The van der Waals surface area contributed by atoms with E-state index in [1.54, 1.807) is 0 Å². The minimum absolute atomic E-state index is 0. The molecular formula is C8H13NNaO7P2. The molecule has 7 N–H and O–H groups in total. The molecule has 8 nitrogen and oxygen atoms in total. The molecule has 0 unspecified atom stereocenters. The Morgan fingerprint density at radius 3 is 1.68 bits per heavy atom. The quantitative estimate of drug-likeness (QED) is 0.244. The Morgan fingerprint density at radius 1 is 1.00 bits per heavy atom. The molecule has 0 heterocycles. The molecule has 0 saturated carbocycles. The van der Waals surface area contributed by atoms with Crippen molar-refractivity contribution in [2.24, 2.45) is 0 Å². The summed E-state index contributed by atoms with van der Waals surface area (Å²) < 4.78 is 22.2. The summed E-state index contributed by atoms with van der Waals surface area (Å²) in [6.07, 6.45) is -0.887. The molecule has 1 aromatic carbocycles. The van der Waals surface area contributed by atoms with Gasteiger partial charge >= 0.3 is 15.2 Å². The van der Waals surface area contributed by atoms with Crippen molar-refractivity contribution >= 4 is 50.4 Å². The Labute approximate surface area is 131 Å². The summed E-state index contributed by atoms with van der Waals surface area (Å²) in [5.41, 5.74) is 5.90. The second-order valence-corrected chi connectivity index (χ2v) is 7.79. The first-order valence-electron chi connectivity index (χ1n) is 4.65. The minimum Gasteiger partial charge on any atom is -0.399 e. The Kier molecular flexibility index (Phi) is 6.46. The zero-order valence-electron chi connectivity index (χ0n) is 10.0. The molecule has 0 saturated heterocycles. The van der Waals surface area contributed by atoms with Crippen molar-refractivity contribution in [2.45, 2.75) is 11.5 Å². The average Bonchev–Trinajstić information content (AvgIpc) is 2.18. The third-order valence-corrected chi connectivity index (χ3v) is 6.10. The summed E-state index contributed by atoms with van der Waals surface area (Å²) in [7, 11) is -10.9. The number of nitrogen functional groups attached to an aromatic ring is 1. The molecule has 0 atom stereocenters. The second-order valence-electron chi connectivity index (χ2n) is 3.78. The van der Waals surface area contributed by atoms with Crippen LogP contribution in [0.25, 0.3) is 0 Å². The molecule has 0 aliphatic carbocycles. The summed E-state index contributed by atoms with van der Waals surface area (Å²) in [6.45, 7) is 0. The predicted molar refractivity (Wildman–Crippen MR) is 69.4 cm³/mol. The van der Waals surface area contributed by atoms with E-state index in [4.69, 9.17) is 25.3 Å². The molecule has 103 valence electrons. The van der Waals surface area contributed by atoms with Crippen molar-refractivity contribution in [2.75, 3.05) is 5.73 Å². The summed E-state index contributed by atoms with van der Waals surface area (Å²) in [6, 6.07) is 5.39. The molecular weight excluding hydrogens is 307 g/mol. The van der Waals surface area contributed by atoms with E-state index in [1.807, 2.05) is 0 Å². The Hall–Kier alpha value is 0.280. The van der Waals surface area contributed by atoms with Crippen LogP contribution in [-0.4, -0.2) is 59.3 Å². The van der Waals surface area contributed by atoms with Gasteiger partial charge in [0.1, 0.15) is 0 Å². The molecule has 11 heteroatoms. The third-order valence-electron chi connectivity index (χ3n) is 2.35. The molecule has 1 rings (SSSR count). The van der Waals surface area contributed by atoms with Gasteiger partial charge in [-0.05, 0) is 17.7 Å². The third kappa shape index (κ3) is 4.37. The van der Waals surface area contributed by atoms with Gasteiger partial charge < -0.3 is 30.4 Å². The van der Waals surface area contributed by atoms with Gasteiger partial charge in [0, 0.05) is 41.7 Å². The van der Waals surface area contributed by atoms with E-state index in [0.29, 0.717) is 5.69 Å². The number of aliphatic hydroxyl groups is 1. The molecule has 0 fully saturated rings. The number of hydrogen-bond donors (Lipinski definition) is 6. The van der Waals surface area contributed by atoms with Crippen LogP contribution >= 0.6 is 15.2 Å². The zero-order valence-corrected chi connectivity index (χ0v) is 13.8. The fourth-order valence-electron chi connectivity index (χ4n) is 1.29. The van der Waals surface area contributed by atoms with Crippen molar-refractivity contribution in [1.82, 2.24) is 0 Å². The van der Waals surface area contributed by atoms with Crippen molar-refractivity contribution in [3.63, 3.8) is 0 Å². The fraction of sp³-hybridized carbons (Fsp3) is 0.250. The van der Waals surface area contributed by atoms with Crippen LogP contribution in [0.1, 0.15) is 5.56 Å². The van der Waals surface area contributed by atoms with Gasteiger partial charge in [-0.15, -0.1) is 0 Å². The summed E-state index contributed by atoms with van der Waals surface area (Å²) in [5.74, 6) is 0. The van der Waals surface area contributed by atoms with Gasteiger partial charge in [-0.2, -0.15) is 0 Å². The van der Waals surface area contributed by atoms with Crippen LogP contribution < -0.4 is 5.73 Å². The monoisotopic (exact) mass is 320 g/mol. The van der Waals surface area contributed by atoms with E-state index in [1.165, 1.54) is 24.3 Å². The fourth-order valence-corrected chi connectivity index (χ4v) is 3.42. The van der Waals surface area contributed by atoms with E-state index in [-0.39, 0.29) is 35.1 Å². The van der Waals surface area contributed by atoms with Crippen molar-refractivity contribution in [1.29, 1.82) is 0 Å². The molecule has 0 aliphatic heterocycles. The molecule has 0 spiro atoms. The first kappa shape index (κ1) is 19.3. The number of rotatable bonds is 4. The van der Waals surface area contributed by atoms with Gasteiger partial charge in [0.15, 0.2) is 0 Å². The maximum atomic E-state index is 11.1. The molecule has 1 radical (unpaired) electrons. The molecule has 1 aromatic rings. The Balaban J connectivity index is 0.00000324. The number of benzene rings is 1. The van der Waals surface area contributed by atoms with E-state index in [9.17, 15) is 14.2 Å². The maximum Gasteiger partial charge on any atom is 0.369 e. The molecule has 0 amide bonds. The standard InChI is InChI=1S/C8H13NO7P2.Na/c9-7-3-1-6(2-4-7)5-8(10,17(11,12)13)18(14,15)16;/h1-4,10H,5,9H2,(H2,11,12,13)(H2,14,15,16);. The molecule has 0 aromatic heterocycles. The van der Waals surface area contributed by atoms with Crippen LogP contribution in [0, 0.1) is 0 Å². The van der Waals surface area contributed by atoms with Crippen molar-refractivity contribution in [3.8, 4) is 0 Å². The SMILES string of the molecule is Nc1ccc(CC(O)(P(=O)(O)O)P(=O)(O)O)cc1.[Na]. The van der Waals surface area contributed by atoms with E-state index in [2.05, 4.69) is 0 Å². The van der Waals surface area contributed by atoms with Gasteiger partial charge in [0.2, 0.25) is 0 Å². The first-order valence-corrected chi connectivity index (χ1v) is 7.88. The van der Waals surface area contributed by atoms with Crippen LogP contribution in [0.3, 0.4) is 0 Å². The van der Waals surface area contributed by atoms with Crippen molar-refractivity contribution < 1.29 is 33.8 Å². The Bertz CT molecular complexity index is 500. The van der Waals surface area contributed by atoms with E-state index < -0.39 is 26.7 Å². The zero-order chi connectivity index (χ0) is 14.2.